The van der Waals surface area contributed by atoms with Crippen LogP contribution in [0.1, 0.15) is 52.9 Å². The monoisotopic (exact) mass is 353 g/mol. The number of nitrogens with two attached hydrogens (primary N) is 2. The molecule has 2 aliphatic rings. The van der Waals surface area contributed by atoms with Crippen LogP contribution in [0.3, 0.4) is 0 Å². The number of rotatable bonds is 6. The van der Waals surface area contributed by atoms with Crippen LogP contribution in [0.25, 0.3) is 0 Å². The molecule has 1 saturated heterocycles. The Kier molecular flexibility index (Phi) is 8.75. The molecule has 1 heterocycles. The van der Waals surface area contributed by atoms with E-state index in [9.17, 15) is 4.79 Å². The maximum Gasteiger partial charge on any atom is 0.247 e. The second kappa shape index (κ2) is 10.3. The molecule has 7 nitrogen and oxygen atoms in total. The number of carbonyl (C=O) groups excluding carboxylic acids is 2. The Morgan fingerprint density at radius 2 is 1.88 bits per heavy atom. The SMILES string of the molecule is CC(C)C(C(=O)N1CCCC1C)N(N)/C=C(\N)C1CCC1.CNC=O. The van der Waals surface area contributed by atoms with Crippen LogP contribution in [0.4, 0.5) is 0 Å². The minimum atomic E-state index is -0.329. The number of carbonyl (C=O) groups is 2. The van der Waals surface area contributed by atoms with Crippen LogP contribution in [0, 0.1) is 11.8 Å². The third-order valence-electron chi connectivity index (χ3n) is 5.03. The van der Waals surface area contributed by atoms with Gasteiger partial charge in [-0.05, 0) is 44.4 Å². The highest BCUT2D eigenvalue weighted by atomic mass is 16.2. The average molecular weight is 354 g/mol. The van der Waals surface area contributed by atoms with E-state index in [1.807, 2.05) is 18.7 Å². The average Bonchev–Trinajstić information content (AvgIpc) is 2.91. The Morgan fingerprint density at radius 1 is 1.28 bits per heavy atom. The molecule has 0 aromatic rings. The van der Waals surface area contributed by atoms with Gasteiger partial charge in [0.1, 0.15) is 6.04 Å². The van der Waals surface area contributed by atoms with Crippen LogP contribution in [0.2, 0.25) is 0 Å². The van der Waals surface area contributed by atoms with Gasteiger partial charge in [0.25, 0.3) is 0 Å². The second-order valence-corrected chi connectivity index (χ2v) is 7.32. The molecule has 0 spiro atoms. The molecule has 0 aromatic heterocycles. The van der Waals surface area contributed by atoms with E-state index in [-0.39, 0.29) is 17.9 Å². The van der Waals surface area contributed by atoms with Gasteiger partial charge < -0.3 is 21.0 Å². The molecule has 5 N–H and O–H groups in total. The molecule has 0 aromatic carbocycles. The van der Waals surface area contributed by atoms with Gasteiger partial charge in [-0.1, -0.05) is 20.3 Å². The van der Waals surface area contributed by atoms with Gasteiger partial charge in [0.05, 0.1) is 0 Å². The van der Waals surface area contributed by atoms with Crippen molar-refractivity contribution >= 4 is 12.3 Å². The van der Waals surface area contributed by atoms with Crippen LogP contribution in [-0.4, -0.2) is 47.9 Å². The van der Waals surface area contributed by atoms with Crippen molar-refractivity contribution in [1.82, 2.24) is 15.2 Å². The van der Waals surface area contributed by atoms with E-state index >= 15 is 0 Å². The Hall–Kier alpha value is -1.76. The number of nitrogens with zero attached hydrogens (tertiary/aromatic N) is 2. The molecule has 144 valence electrons. The molecule has 2 unspecified atom stereocenters. The van der Waals surface area contributed by atoms with E-state index in [2.05, 4.69) is 12.2 Å². The lowest BCUT2D eigenvalue weighted by Gasteiger charge is -2.35. The van der Waals surface area contributed by atoms with Crippen LogP contribution in [0.5, 0.6) is 0 Å². The van der Waals surface area contributed by atoms with Crippen molar-refractivity contribution in [3.8, 4) is 0 Å². The fourth-order valence-electron chi connectivity index (χ4n) is 3.29. The summed E-state index contributed by atoms with van der Waals surface area (Å²) in [7, 11) is 1.56. The summed E-state index contributed by atoms with van der Waals surface area (Å²) in [6.07, 6.45) is 8.09. The normalized spacial score (nSPS) is 21.9. The number of hydrogen-bond acceptors (Lipinski definition) is 5. The van der Waals surface area contributed by atoms with E-state index in [4.69, 9.17) is 16.4 Å². The van der Waals surface area contributed by atoms with Gasteiger partial charge in [0.15, 0.2) is 0 Å². The molecule has 2 rings (SSSR count). The molecule has 2 amide bonds. The van der Waals surface area contributed by atoms with Crippen LogP contribution in [-0.2, 0) is 9.59 Å². The zero-order valence-corrected chi connectivity index (χ0v) is 16.1. The lowest BCUT2D eigenvalue weighted by molar-refractivity contribution is -0.138. The summed E-state index contributed by atoms with van der Waals surface area (Å²) >= 11 is 0. The number of hydrogen-bond donors (Lipinski definition) is 3. The molecular weight excluding hydrogens is 318 g/mol. The highest BCUT2D eigenvalue weighted by Crippen LogP contribution is 2.31. The molecule has 1 aliphatic heterocycles. The smallest absolute Gasteiger partial charge is 0.247 e. The summed E-state index contributed by atoms with van der Waals surface area (Å²) in [5.41, 5.74) is 6.93. The van der Waals surface area contributed by atoms with Crippen molar-refractivity contribution in [2.45, 2.75) is 65.0 Å². The Bertz CT molecular complexity index is 462. The number of nitrogens with one attached hydrogen (secondary N) is 1. The maximum absolute atomic E-state index is 12.8. The lowest BCUT2D eigenvalue weighted by atomic mass is 9.83. The van der Waals surface area contributed by atoms with Crippen molar-refractivity contribution < 1.29 is 9.59 Å². The number of likely N-dealkylation sites (tertiary alicyclic amines) is 1. The first-order chi connectivity index (χ1) is 11.8. The molecular formula is C18H35N5O2. The molecule has 2 fully saturated rings. The number of allylic oxidation sites excluding steroid dienone is 1. The minimum absolute atomic E-state index is 0.134. The van der Waals surface area contributed by atoms with E-state index < -0.39 is 0 Å². The Morgan fingerprint density at radius 3 is 2.24 bits per heavy atom. The first kappa shape index (κ1) is 21.3. The third kappa shape index (κ3) is 5.92. The summed E-state index contributed by atoms with van der Waals surface area (Å²) in [4.78, 5) is 23.8. The first-order valence-corrected chi connectivity index (χ1v) is 9.25. The molecule has 2 atom stereocenters. The summed E-state index contributed by atoms with van der Waals surface area (Å²) in [6.45, 7) is 7.04. The largest absolute Gasteiger partial charge is 0.401 e. The Labute approximate surface area is 151 Å². The van der Waals surface area contributed by atoms with Gasteiger partial charge >= 0.3 is 0 Å². The predicted octanol–water partition coefficient (Wildman–Crippen LogP) is 1.16. The predicted molar refractivity (Wildman–Crippen MR) is 99.8 cm³/mol. The number of hydrazine groups is 1. The summed E-state index contributed by atoms with van der Waals surface area (Å²) in [6, 6.07) is -0.00992. The highest BCUT2D eigenvalue weighted by Gasteiger charge is 2.35. The van der Waals surface area contributed by atoms with Crippen LogP contribution < -0.4 is 16.9 Å². The van der Waals surface area contributed by atoms with E-state index in [1.54, 1.807) is 18.3 Å². The van der Waals surface area contributed by atoms with Gasteiger partial charge in [-0.15, -0.1) is 0 Å². The summed E-state index contributed by atoms with van der Waals surface area (Å²) in [5, 5.41) is 3.80. The van der Waals surface area contributed by atoms with E-state index in [1.165, 1.54) is 6.42 Å². The molecule has 7 heteroatoms. The second-order valence-electron chi connectivity index (χ2n) is 7.32. The third-order valence-corrected chi connectivity index (χ3v) is 5.03. The Balaban J connectivity index is 0.000000705. The van der Waals surface area contributed by atoms with Crippen LogP contribution in [0.15, 0.2) is 11.9 Å². The van der Waals surface area contributed by atoms with Crippen molar-refractivity contribution in [3.63, 3.8) is 0 Å². The molecule has 1 saturated carbocycles. The topological polar surface area (TPSA) is 105 Å². The summed E-state index contributed by atoms with van der Waals surface area (Å²) in [5.74, 6) is 6.92. The molecule has 1 aliphatic carbocycles. The zero-order chi connectivity index (χ0) is 19.0. The fourth-order valence-corrected chi connectivity index (χ4v) is 3.29. The standard InChI is InChI=1S/C16H30N4O.C2H5NO/c1-11(2)15(16(21)19-9-5-6-12(19)3)20(18)10-14(17)13-7-4-8-13;1-3-2-4/h10-13,15H,4-9,17-18H2,1-3H3;2H,1H3,(H,3,4)/b14-10-;. The lowest BCUT2D eigenvalue weighted by Crippen LogP contribution is -2.53. The van der Waals surface area contributed by atoms with Crippen molar-refractivity contribution in [2.24, 2.45) is 23.4 Å². The van der Waals surface area contributed by atoms with E-state index in [0.717, 1.165) is 37.9 Å². The van der Waals surface area contributed by atoms with Crippen molar-refractivity contribution in [2.75, 3.05) is 13.6 Å². The van der Waals surface area contributed by atoms with Gasteiger partial charge in [0, 0.05) is 31.5 Å². The highest BCUT2D eigenvalue weighted by molar-refractivity contribution is 5.82. The fraction of sp³-hybridized carbons (Fsp3) is 0.778. The van der Waals surface area contributed by atoms with Crippen molar-refractivity contribution in [3.05, 3.63) is 11.9 Å². The molecule has 25 heavy (non-hydrogen) atoms. The maximum atomic E-state index is 12.8. The molecule has 0 bridgehead atoms. The van der Waals surface area contributed by atoms with Gasteiger partial charge in [-0.25, -0.2) is 5.84 Å². The van der Waals surface area contributed by atoms with Crippen molar-refractivity contribution in [1.29, 1.82) is 0 Å². The van der Waals surface area contributed by atoms with Gasteiger partial charge in [-0.2, -0.15) is 0 Å². The first-order valence-electron chi connectivity index (χ1n) is 9.25. The van der Waals surface area contributed by atoms with Crippen LogP contribution >= 0.6 is 0 Å². The zero-order valence-electron chi connectivity index (χ0n) is 16.1. The molecule has 0 radical (unpaired) electrons. The summed E-state index contributed by atoms with van der Waals surface area (Å²) < 4.78 is 0. The number of amides is 2. The van der Waals surface area contributed by atoms with Gasteiger partial charge in [-0.3, -0.25) is 9.59 Å². The minimum Gasteiger partial charge on any atom is -0.401 e. The quantitative estimate of drug-likeness (QED) is 0.378. The van der Waals surface area contributed by atoms with Gasteiger partial charge in [0.2, 0.25) is 12.3 Å². The van der Waals surface area contributed by atoms with E-state index in [0.29, 0.717) is 18.4 Å².